The number of benzene rings is 1. The molecule has 5 nitrogen and oxygen atoms in total. The highest BCUT2D eigenvalue weighted by Crippen LogP contribution is 2.31. The van der Waals surface area contributed by atoms with Gasteiger partial charge in [-0.2, -0.15) is 13.2 Å². The number of oxazole rings is 1. The van der Waals surface area contributed by atoms with Crippen molar-refractivity contribution in [2.75, 3.05) is 11.9 Å². The lowest BCUT2D eigenvalue weighted by molar-refractivity contribution is -0.156. The summed E-state index contributed by atoms with van der Waals surface area (Å²) in [4.78, 5) is 15.3. The van der Waals surface area contributed by atoms with Gasteiger partial charge < -0.3 is 15.1 Å². The molecule has 1 aliphatic heterocycles. The lowest BCUT2D eigenvalue weighted by Gasteiger charge is -2.10. The molecular formula is C13H13ClF3N3O2. The first-order chi connectivity index (χ1) is 9.93. The minimum atomic E-state index is -4.63. The van der Waals surface area contributed by atoms with Gasteiger partial charge in [-0.05, 0) is 37.6 Å². The Morgan fingerprint density at radius 3 is 2.82 bits per heavy atom. The molecule has 2 N–H and O–H groups in total. The molecule has 0 aliphatic carbocycles. The molecule has 2 heterocycles. The van der Waals surface area contributed by atoms with Gasteiger partial charge in [-0.25, -0.2) is 4.98 Å². The Bertz CT molecular complexity index is 681. The topological polar surface area (TPSA) is 67.2 Å². The first-order valence-corrected chi connectivity index (χ1v) is 6.45. The monoisotopic (exact) mass is 335 g/mol. The molecule has 1 aromatic carbocycles. The predicted molar refractivity (Wildman–Crippen MR) is 75.9 cm³/mol. The standard InChI is InChI=1S/C13H12F3N3O2.ClH/c14-13(15,16)12-19-9-6-7(3-4-10(9)21-12)18-11(20)8-2-1-5-17-8;/h3-4,6,8,17H,1-2,5H2,(H,18,20);1H. The van der Waals surface area contributed by atoms with E-state index in [-0.39, 0.29) is 35.5 Å². The third kappa shape index (κ3) is 3.33. The molecule has 1 aliphatic rings. The van der Waals surface area contributed by atoms with Crippen molar-refractivity contribution in [3.63, 3.8) is 0 Å². The summed E-state index contributed by atoms with van der Waals surface area (Å²) >= 11 is 0. The van der Waals surface area contributed by atoms with Crippen LogP contribution in [0.5, 0.6) is 0 Å². The van der Waals surface area contributed by atoms with Crippen molar-refractivity contribution < 1.29 is 22.4 Å². The van der Waals surface area contributed by atoms with Gasteiger partial charge in [0.1, 0.15) is 5.52 Å². The fourth-order valence-electron chi connectivity index (χ4n) is 2.26. The zero-order valence-electron chi connectivity index (χ0n) is 11.2. The van der Waals surface area contributed by atoms with Gasteiger partial charge in [0.25, 0.3) is 0 Å². The average Bonchev–Trinajstić information content (AvgIpc) is 3.06. The van der Waals surface area contributed by atoms with E-state index in [0.29, 0.717) is 5.69 Å². The zero-order chi connectivity index (χ0) is 15.0. The molecule has 1 unspecified atom stereocenters. The first-order valence-electron chi connectivity index (χ1n) is 6.45. The molecule has 0 saturated carbocycles. The number of amides is 1. The molecule has 1 aromatic heterocycles. The fourth-order valence-corrected chi connectivity index (χ4v) is 2.26. The highest BCUT2D eigenvalue weighted by Gasteiger charge is 2.37. The molecule has 3 rings (SSSR count). The van der Waals surface area contributed by atoms with Gasteiger partial charge in [-0.15, -0.1) is 12.4 Å². The van der Waals surface area contributed by atoms with Gasteiger partial charge >= 0.3 is 12.1 Å². The summed E-state index contributed by atoms with van der Waals surface area (Å²) in [6.07, 6.45) is -2.96. The molecule has 9 heteroatoms. The number of hydrogen-bond acceptors (Lipinski definition) is 4. The van der Waals surface area contributed by atoms with E-state index in [4.69, 9.17) is 0 Å². The third-order valence-electron chi connectivity index (χ3n) is 3.27. The smallest absolute Gasteiger partial charge is 0.433 e. The van der Waals surface area contributed by atoms with E-state index in [0.717, 1.165) is 19.4 Å². The van der Waals surface area contributed by atoms with Crippen LogP contribution in [0.25, 0.3) is 11.1 Å². The molecule has 1 amide bonds. The summed E-state index contributed by atoms with van der Waals surface area (Å²) < 4.78 is 42.2. The van der Waals surface area contributed by atoms with Crippen molar-refractivity contribution in [2.45, 2.75) is 25.1 Å². The van der Waals surface area contributed by atoms with Crippen molar-refractivity contribution in [2.24, 2.45) is 0 Å². The highest BCUT2D eigenvalue weighted by atomic mass is 35.5. The van der Waals surface area contributed by atoms with E-state index < -0.39 is 12.1 Å². The molecule has 0 radical (unpaired) electrons. The Balaban J connectivity index is 0.00000176. The molecule has 2 aromatic rings. The second kappa shape index (κ2) is 6.13. The van der Waals surface area contributed by atoms with Crippen LogP contribution >= 0.6 is 12.4 Å². The summed E-state index contributed by atoms with van der Waals surface area (Å²) in [5.41, 5.74) is 0.474. The maximum atomic E-state index is 12.5. The van der Waals surface area contributed by atoms with Crippen LogP contribution < -0.4 is 10.6 Å². The first kappa shape index (κ1) is 16.6. The molecule has 120 valence electrons. The van der Waals surface area contributed by atoms with E-state index in [9.17, 15) is 18.0 Å². The molecule has 1 fully saturated rings. The van der Waals surface area contributed by atoms with E-state index in [1.54, 1.807) is 0 Å². The Hall–Kier alpha value is -1.80. The number of nitrogens with zero attached hydrogens (tertiary/aromatic N) is 1. The summed E-state index contributed by atoms with van der Waals surface area (Å²) in [6, 6.07) is 3.94. The number of aromatic nitrogens is 1. The predicted octanol–water partition coefficient (Wildman–Crippen LogP) is 2.96. The lowest BCUT2D eigenvalue weighted by Crippen LogP contribution is -2.35. The maximum Gasteiger partial charge on any atom is 0.468 e. The minimum absolute atomic E-state index is 0. The zero-order valence-corrected chi connectivity index (χ0v) is 12.1. The maximum absolute atomic E-state index is 12.5. The van der Waals surface area contributed by atoms with Crippen LogP contribution in [0.1, 0.15) is 18.7 Å². The molecule has 22 heavy (non-hydrogen) atoms. The lowest BCUT2D eigenvalue weighted by atomic mass is 10.2. The number of rotatable bonds is 2. The SMILES string of the molecule is Cl.O=C(Nc1ccc2oc(C(F)(F)F)nc2c1)C1CCCN1. The Morgan fingerprint density at radius 2 is 2.18 bits per heavy atom. The number of anilines is 1. The average molecular weight is 336 g/mol. The number of carbonyl (C=O) groups excluding carboxylic acids is 1. The Morgan fingerprint density at radius 1 is 1.41 bits per heavy atom. The number of fused-ring (bicyclic) bond motifs is 1. The van der Waals surface area contributed by atoms with Crippen molar-refractivity contribution in [3.05, 3.63) is 24.1 Å². The summed E-state index contributed by atoms with van der Waals surface area (Å²) in [5.74, 6) is -1.50. The number of alkyl halides is 3. The normalized spacial score (nSPS) is 18.2. The largest absolute Gasteiger partial charge is 0.468 e. The Kier molecular flexibility index (Phi) is 4.62. The van der Waals surface area contributed by atoms with Gasteiger partial charge in [0.15, 0.2) is 5.58 Å². The number of nitrogens with one attached hydrogen (secondary N) is 2. The van der Waals surface area contributed by atoms with Crippen molar-refractivity contribution in [1.82, 2.24) is 10.3 Å². The molecule has 0 spiro atoms. The van der Waals surface area contributed by atoms with Crippen LogP contribution in [0, 0.1) is 0 Å². The molecule has 0 bridgehead atoms. The van der Waals surface area contributed by atoms with Gasteiger partial charge in [-0.1, -0.05) is 0 Å². The number of hydrogen-bond donors (Lipinski definition) is 2. The Labute approximate surface area is 129 Å². The van der Waals surface area contributed by atoms with Gasteiger partial charge in [0.05, 0.1) is 6.04 Å². The van der Waals surface area contributed by atoms with E-state index >= 15 is 0 Å². The van der Waals surface area contributed by atoms with Crippen molar-refractivity contribution in [1.29, 1.82) is 0 Å². The summed E-state index contributed by atoms with van der Waals surface area (Å²) in [6.45, 7) is 0.787. The van der Waals surface area contributed by atoms with Crippen LogP contribution in [0.15, 0.2) is 22.6 Å². The summed E-state index contributed by atoms with van der Waals surface area (Å²) in [5, 5.41) is 5.70. The summed E-state index contributed by atoms with van der Waals surface area (Å²) in [7, 11) is 0. The van der Waals surface area contributed by atoms with Crippen LogP contribution in [0.3, 0.4) is 0 Å². The number of carbonyl (C=O) groups is 1. The molecule has 1 atom stereocenters. The van der Waals surface area contributed by atoms with E-state index in [1.165, 1.54) is 18.2 Å². The van der Waals surface area contributed by atoms with Crippen molar-refractivity contribution >= 4 is 35.1 Å². The van der Waals surface area contributed by atoms with E-state index in [1.807, 2.05) is 0 Å². The van der Waals surface area contributed by atoms with Crippen LogP contribution in [0.2, 0.25) is 0 Å². The second-order valence-corrected chi connectivity index (χ2v) is 4.84. The van der Waals surface area contributed by atoms with Crippen molar-refractivity contribution in [3.8, 4) is 0 Å². The van der Waals surface area contributed by atoms with Crippen LogP contribution in [-0.4, -0.2) is 23.5 Å². The fraction of sp³-hybridized carbons (Fsp3) is 0.385. The number of halogens is 4. The minimum Gasteiger partial charge on any atom is -0.433 e. The third-order valence-corrected chi connectivity index (χ3v) is 3.27. The van der Waals surface area contributed by atoms with E-state index in [2.05, 4.69) is 20.0 Å². The second-order valence-electron chi connectivity index (χ2n) is 4.84. The van der Waals surface area contributed by atoms with Gasteiger partial charge in [0.2, 0.25) is 5.91 Å². The molecule has 1 saturated heterocycles. The highest BCUT2D eigenvalue weighted by molar-refractivity contribution is 5.96. The van der Waals surface area contributed by atoms with Gasteiger partial charge in [0, 0.05) is 5.69 Å². The van der Waals surface area contributed by atoms with Crippen LogP contribution in [-0.2, 0) is 11.0 Å². The molecular weight excluding hydrogens is 323 g/mol. The quantitative estimate of drug-likeness (QED) is 0.885. The van der Waals surface area contributed by atoms with Crippen LogP contribution in [0.4, 0.5) is 18.9 Å². The van der Waals surface area contributed by atoms with Gasteiger partial charge in [-0.3, -0.25) is 4.79 Å².